The maximum atomic E-state index is 10.9. The molecular weight excluding hydrogens is 426 g/mol. The van der Waals surface area contributed by atoms with Crippen molar-refractivity contribution in [2.45, 2.75) is 62.7 Å². The Bertz CT molecular complexity index is 1030. The number of hydrogen-bond acceptors (Lipinski definition) is 7. The minimum Gasteiger partial charge on any atom is -0.392 e. The Morgan fingerprint density at radius 3 is 2.29 bits per heavy atom. The van der Waals surface area contributed by atoms with E-state index in [9.17, 15) is 10.2 Å². The highest BCUT2D eigenvalue weighted by atomic mass is 16.3. The van der Waals surface area contributed by atoms with Crippen molar-refractivity contribution in [3.05, 3.63) is 36.5 Å². The summed E-state index contributed by atoms with van der Waals surface area (Å²) >= 11 is 0. The van der Waals surface area contributed by atoms with Gasteiger partial charge >= 0.3 is 0 Å². The van der Waals surface area contributed by atoms with Gasteiger partial charge in [0.05, 0.1) is 11.7 Å². The molecule has 6 fully saturated rings. The van der Waals surface area contributed by atoms with Crippen molar-refractivity contribution in [1.29, 1.82) is 0 Å². The highest BCUT2D eigenvalue weighted by Crippen LogP contribution is 2.56. The van der Waals surface area contributed by atoms with E-state index in [4.69, 9.17) is 4.98 Å². The van der Waals surface area contributed by atoms with Gasteiger partial charge in [0.1, 0.15) is 5.82 Å². The first kappa shape index (κ1) is 20.9. The molecule has 180 valence electrons. The average molecular weight is 462 g/mol. The van der Waals surface area contributed by atoms with Crippen LogP contribution >= 0.6 is 0 Å². The number of anilines is 4. The van der Waals surface area contributed by atoms with E-state index in [1.54, 1.807) is 0 Å². The van der Waals surface area contributed by atoms with Gasteiger partial charge in [0.15, 0.2) is 0 Å². The lowest BCUT2D eigenvalue weighted by atomic mass is 9.52. The van der Waals surface area contributed by atoms with Crippen LogP contribution in [-0.4, -0.2) is 51.0 Å². The first-order chi connectivity index (χ1) is 16.5. The number of hydrogen-bond donors (Lipinski definition) is 4. The molecule has 0 spiro atoms. The fourth-order valence-electron chi connectivity index (χ4n) is 8.18. The smallest absolute Gasteiger partial charge is 0.229 e. The standard InChI is InChI=1S/C27H35N5O2/c33-25-17-1-2-18(25)15-32(14-17)22-5-3-21(4-6-22)29-26-28-8-7-23(31-26)30-24-19-9-16-10-20(24)13-27(34,11-16)12-19/h3-8,16-20,24-25,33-34H,1-2,9-15H2,(H2,28,29,30,31)/t16?,17?,18?,19?,20?,24-,25?,27-. The van der Waals surface area contributed by atoms with Crippen LogP contribution in [0.4, 0.5) is 23.1 Å². The van der Waals surface area contributed by atoms with Crippen molar-refractivity contribution >= 4 is 23.1 Å². The SMILES string of the molecule is OC1C2CCC1CN(c1ccc(Nc3nccc(N[C@H]4C5CC6CC4C[C@](O)(C6)C5)n3)cc1)C2. The summed E-state index contributed by atoms with van der Waals surface area (Å²) in [5.41, 5.74) is 1.78. The molecule has 2 heterocycles. The number of aliphatic hydroxyl groups excluding tert-OH is 1. The summed E-state index contributed by atoms with van der Waals surface area (Å²) in [6, 6.07) is 10.8. The van der Waals surface area contributed by atoms with Crippen LogP contribution in [0.25, 0.3) is 0 Å². The molecule has 1 aliphatic heterocycles. The molecule has 6 aliphatic rings. The molecule has 0 radical (unpaired) electrons. The second kappa shape index (κ2) is 7.82. The minimum absolute atomic E-state index is 0.112. The monoisotopic (exact) mass is 461 g/mol. The van der Waals surface area contributed by atoms with E-state index >= 15 is 0 Å². The predicted octanol–water partition coefficient (Wildman–Crippen LogP) is 3.78. The summed E-state index contributed by atoms with van der Waals surface area (Å²) in [6.45, 7) is 1.89. The zero-order valence-corrected chi connectivity index (χ0v) is 19.6. The first-order valence-electron chi connectivity index (χ1n) is 13.1. The summed E-state index contributed by atoms with van der Waals surface area (Å²) in [6.07, 6.45) is 9.32. The van der Waals surface area contributed by atoms with Crippen LogP contribution in [0.2, 0.25) is 0 Å². The molecule has 4 N–H and O–H groups in total. The Morgan fingerprint density at radius 1 is 0.912 bits per heavy atom. The third-order valence-electron chi connectivity index (χ3n) is 9.48. The first-order valence-corrected chi connectivity index (χ1v) is 13.1. The number of fused-ring (bicyclic) bond motifs is 2. The van der Waals surface area contributed by atoms with Crippen molar-refractivity contribution in [2.75, 3.05) is 28.6 Å². The molecule has 7 nitrogen and oxygen atoms in total. The lowest BCUT2D eigenvalue weighted by Gasteiger charge is -2.58. The number of piperidine rings is 1. The molecule has 7 heteroatoms. The fraction of sp³-hybridized carbons (Fsp3) is 0.630. The topological polar surface area (TPSA) is 93.5 Å². The fourth-order valence-corrected chi connectivity index (χ4v) is 8.18. The van der Waals surface area contributed by atoms with E-state index < -0.39 is 5.60 Å². The van der Waals surface area contributed by atoms with Crippen molar-refractivity contribution < 1.29 is 10.2 Å². The normalized spacial score (nSPS) is 39.9. The molecule has 1 saturated heterocycles. The van der Waals surface area contributed by atoms with Crippen LogP contribution in [0.15, 0.2) is 36.5 Å². The molecule has 0 amide bonds. The van der Waals surface area contributed by atoms with E-state index in [0.29, 0.717) is 41.6 Å². The second-order valence-corrected chi connectivity index (χ2v) is 11.8. The second-order valence-electron chi connectivity index (χ2n) is 11.8. The Labute approximate surface area is 201 Å². The largest absolute Gasteiger partial charge is 0.392 e. The quantitative estimate of drug-likeness (QED) is 0.538. The van der Waals surface area contributed by atoms with Gasteiger partial charge in [0.2, 0.25) is 5.95 Å². The average Bonchev–Trinajstić information content (AvgIpc) is 3.01. The number of aliphatic hydroxyl groups is 2. The highest BCUT2D eigenvalue weighted by molar-refractivity contribution is 5.60. The molecule has 5 aliphatic carbocycles. The number of nitrogens with zero attached hydrogens (tertiary/aromatic N) is 3. The van der Waals surface area contributed by atoms with Crippen molar-refractivity contribution in [1.82, 2.24) is 9.97 Å². The molecular formula is C27H35N5O2. The van der Waals surface area contributed by atoms with Crippen LogP contribution in [0.3, 0.4) is 0 Å². The van der Waals surface area contributed by atoms with Gasteiger partial charge in [-0.1, -0.05) is 0 Å². The van der Waals surface area contributed by atoms with Gasteiger partial charge in [-0.25, -0.2) is 4.98 Å². The third-order valence-corrected chi connectivity index (χ3v) is 9.48. The molecule has 4 atom stereocenters. The molecule has 1 aromatic carbocycles. The number of benzene rings is 1. The van der Waals surface area contributed by atoms with E-state index in [-0.39, 0.29) is 6.10 Å². The van der Waals surface area contributed by atoms with Gasteiger partial charge < -0.3 is 25.7 Å². The summed E-state index contributed by atoms with van der Waals surface area (Å²) in [4.78, 5) is 11.6. The molecule has 4 unspecified atom stereocenters. The molecule has 8 rings (SSSR count). The lowest BCUT2D eigenvalue weighted by Crippen LogP contribution is -2.59. The summed E-state index contributed by atoms with van der Waals surface area (Å²) in [5.74, 6) is 4.08. The van der Waals surface area contributed by atoms with Crippen molar-refractivity contribution in [3.63, 3.8) is 0 Å². The number of nitrogens with one attached hydrogen (secondary N) is 2. The number of aromatic nitrogens is 2. The molecule has 1 aromatic heterocycles. The van der Waals surface area contributed by atoms with Crippen molar-refractivity contribution in [3.8, 4) is 0 Å². The van der Waals surface area contributed by atoms with Crippen LogP contribution < -0.4 is 15.5 Å². The molecule has 2 aromatic rings. The van der Waals surface area contributed by atoms with Gasteiger partial charge in [-0.2, -0.15) is 4.98 Å². The molecule has 5 saturated carbocycles. The van der Waals surface area contributed by atoms with E-state index in [1.807, 2.05) is 12.3 Å². The maximum Gasteiger partial charge on any atom is 0.229 e. The Morgan fingerprint density at radius 2 is 1.62 bits per heavy atom. The molecule has 34 heavy (non-hydrogen) atoms. The summed E-state index contributed by atoms with van der Waals surface area (Å²) in [7, 11) is 0. The van der Waals surface area contributed by atoms with Gasteiger partial charge in [-0.3, -0.25) is 0 Å². The van der Waals surface area contributed by atoms with Gasteiger partial charge in [-0.15, -0.1) is 0 Å². The minimum atomic E-state index is -0.410. The Kier molecular flexibility index (Phi) is 4.82. The Balaban J connectivity index is 1.01. The van der Waals surface area contributed by atoms with Crippen molar-refractivity contribution in [2.24, 2.45) is 29.6 Å². The van der Waals surface area contributed by atoms with Gasteiger partial charge in [0, 0.05) is 48.5 Å². The zero-order valence-electron chi connectivity index (χ0n) is 19.6. The maximum absolute atomic E-state index is 10.9. The molecule has 6 bridgehead atoms. The van der Waals surface area contributed by atoms with Crippen LogP contribution in [0.5, 0.6) is 0 Å². The van der Waals surface area contributed by atoms with E-state index in [1.165, 1.54) is 18.5 Å². The van der Waals surface area contributed by atoms with Gasteiger partial charge in [0.25, 0.3) is 0 Å². The highest BCUT2D eigenvalue weighted by Gasteiger charge is 2.54. The summed E-state index contributed by atoms with van der Waals surface area (Å²) in [5, 5.41) is 28.2. The number of rotatable bonds is 5. The van der Waals surface area contributed by atoms with Crippen LogP contribution in [-0.2, 0) is 0 Å². The van der Waals surface area contributed by atoms with E-state index in [0.717, 1.165) is 56.7 Å². The van der Waals surface area contributed by atoms with E-state index in [2.05, 4.69) is 44.8 Å². The zero-order chi connectivity index (χ0) is 22.9. The predicted molar refractivity (Wildman–Crippen MR) is 132 cm³/mol. The lowest BCUT2D eigenvalue weighted by molar-refractivity contribution is -0.129. The third kappa shape index (κ3) is 3.64. The van der Waals surface area contributed by atoms with Gasteiger partial charge in [-0.05, 0) is 93.0 Å². The van der Waals surface area contributed by atoms with Crippen LogP contribution in [0.1, 0.15) is 44.9 Å². The van der Waals surface area contributed by atoms with Crippen LogP contribution in [0, 0.1) is 29.6 Å². The summed E-state index contributed by atoms with van der Waals surface area (Å²) < 4.78 is 0. The Hall–Kier alpha value is -2.38.